The number of benzene rings is 9. The van der Waals surface area contributed by atoms with E-state index in [1.807, 2.05) is 30.5 Å². The van der Waals surface area contributed by atoms with Crippen LogP contribution < -0.4 is 0 Å². The number of para-hydroxylation sites is 1. The van der Waals surface area contributed by atoms with Gasteiger partial charge in [0.1, 0.15) is 0 Å². The van der Waals surface area contributed by atoms with E-state index in [4.69, 9.17) is 16.5 Å². The van der Waals surface area contributed by atoms with Gasteiger partial charge in [-0.25, -0.2) is 9.83 Å². The van der Waals surface area contributed by atoms with Crippen molar-refractivity contribution in [2.45, 2.75) is 0 Å². The van der Waals surface area contributed by atoms with Crippen LogP contribution in [0.15, 0.2) is 194 Å². The minimum absolute atomic E-state index is 0.636. The van der Waals surface area contributed by atoms with Crippen LogP contribution in [0.4, 0.5) is 5.69 Å². The van der Waals surface area contributed by atoms with Crippen molar-refractivity contribution in [2.24, 2.45) is 0 Å². The van der Waals surface area contributed by atoms with Crippen LogP contribution in [0.3, 0.4) is 0 Å². The van der Waals surface area contributed by atoms with E-state index >= 15 is 0 Å². The molecule has 272 valence electrons. The summed E-state index contributed by atoms with van der Waals surface area (Å²) in [6, 6.07) is 66.7. The van der Waals surface area contributed by atoms with Crippen molar-refractivity contribution in [1.29, 1.82) is 0 Å². The highest BCUT2D eigenvalue weighted by atomic mass is 15.0. The second-order valence-electron chi connectivity index (χ2n) is 15.2. The first kappa shape index (κ1) is 33.1. The number of rotatable bonds is 4. The lowest BCUT2D eigenvalue weighted by Gasteiger charge is -2.16. The fraction of sp³-hybridized carbons (Fsp3) is 0. The van der Waals surface area contributed by atoms with Gasteiger partial charge < -0.3 is 4.57 Å². The molecule has 0 fully saturated rings. The van der Waals surface area contributed by atoms with Gasteiger partial charge in [0.25, 0.3) is 0 Å². The molecule has 0 radical (unpaired) electrons. The molecule has 0 aliphatic heterocycles. The number of nitrogens with zero attached hydrogens (tertiary/aromatic N) is 4. The molecule has 0 saturated heterocycles. The minimum Gasteiger partial charge on any atom is -0.309 e. The zero-order chi connectivity index (χ0) is 39.0. The normalized spacial score (nSPS) is 11.7. The third-order valence-electron chi connectivity index (χ3n) is 12.0. The van der Waals surface area contributed by atoms with Crippen LogP contribution in [0.5, 0.6) is 0 Å². The summed E-state index contributed by atoms with van der Waals surface area (Å²) in [5.74, 6) is 0. The molecule has 0 aliphatic carbocycles. The Bertz CT molecular complexity index is 3730. The monoisotopic (exact) mass is 748 g/mol. The first-order valence-corrected chi connectivity index (χ1v) is 19.8. The topological polar surface area (TPSA) is 35.1 Å². The maximum Gasteiger partial charge on any atom is 0.188 e. The van der Waals surface area contributed by atoms with Gasteiger partial charge in [0.15, 0.2) is 5.69 Å². The highest BCUT2D eigenvalue weighted by molar-refractivity contribution is 6.28. The van der Waals surface area contributed by atoms with Gasteiger partial charge in [0.05, 0.1) is 34.3 Å². The number of hydrogen-bond donors (Lipinski definition) is 0. The Labute approximate surface area is 339 Å². The van der Waals surface area contributed by atoms with Crippen LogP contribution in [0, 0.1) is 6.57 Å². The average Bonchev–Trinajstić information content (AvgIpc) is 3.63. The smallest absolute Gasteiger partial charge is 0.188 e. The second-order valence-corrected chi connectivity index (χ2v) is 15.2. The Morgan fingerprint density at radius 1 is 0.441 bits per heavy atom. The summed E-state index contributed by atoms with van der Waals surface area (Å²) in [5.41, 5.74) is 12.5. The summed E-state index contributed by atoms with van der Waals surface area (Å²) in [7, 11) is 0. The Morgan fingerprint density at radius 3 is 1.86 bits per heavy atom. The zero-order valence-electron chi connectivity index (χ0n) is 31.8. The molecule has 0 saturated carbocycles. The van der Waals surface area contributed by atoms with Crippen molar-refractivity contribution in [1.82, 2.24) is 14.5 Å². The van der Waals surface area contributed by atoms with Gasteiger partial charge in [-0.05, 0) is 92.3 Å². The van der Waals surface area contributed by atoms with Crippen LogP contribution in [0.2, 0.25) is 0 Å². The van der Waals surface area contributed by atoms with Crippen LogP contribution in [-0.2, 0) is 0 Å². The third-order valence-corrected chi connectivity index (χ3v) is 12.0. The molecule has 12 rings (SSSR count). The molecule has 0 aliphatic rings. The van der Waals surface area contributed by atoms with Crippen LogP contribution in [0.1, 0.15) is 0 Å². The minimum atomic E-state index is 0.636. The van der Waals surface area contributed by atoms with Gasteiger partial charge in [0.2, 0.25) is 0 Å². The van der Waals surface area contributed by atoms with Crippen molar-refractivity contribution in [3.8, 4) is 39.2 Å². The maximum atomic E-state index is 7.76. The molecule has 0 bridgehead atoms. The van der Waals surface area contributed by atoms with Gasteiger partial charge in [-0.3, -0.25) is 4.98 Å². The fourth-order valence-electron chi connectivity index (χ4n) is 9.34. The molecule has 4 nitrogen and oxygen atoms in total. The van der Waals surface area contributed by atoms with Crippen LogP contribution in [0.25, 0.3) is 120 Å². The first-order chi connectivity index (χ1) is 29.2. The zero-order valence-corrected chi connectivity index (χ0v) is 31.8. The molecular weight excluding hydrogens is 717 g/mol. The summed E-state index contributed by atoms with van der Waals surface area (Å²) in [4.78, 5) is 14.1. The predicted molar refractivity (Wildman–Crippen MR) is 246 cm³/mol. The third kappa shape index (κ3) is 5.09. The standard InChI is InChI=1S/C55H32N4/c1-56-39-23-29-51-48(33-39)47-31-37(22-28-50(47)59(51)40-14-6-3-7-15-40)41-26-27-42(44-17-9-8-16-43(41)44)38-21-24-45-49(32-38)58-54(35-11-4-2-5-12-35)46-25-20-34-18-19-36-13-10-30-57-55(36)52(34)53(45)46/h2-33H. The highest BCUT2D eigenvalue weighted by Gasteiger charge is 2.19. The van der Waals surface area contributed by atoms with Gasteiger partial charge in [-0.1, -0.05) is 140 Å². The number of fused-ring (bicyclic) bond motifs is 11. The molecule has 59 heavy (non-hydrogen) atoms. The Morgan fingerprint density at radius 2 is 1.08 bits per heavy atom. The van der Waals surface area contributed by atoms with Crippen molar-refractivity contribution >= 4 is 81.6 Å². The van der Waals surface area contributed by atoms with Gasteiger partial charge >= 0.3 is 0 Å². The van der Waals surface area contributed by atoms with E-state index in [0.717, 1.165) is 99.0 Å². The van der Waals surface area contributed by atoms with E-state index in [1.54, 1.807) is 0 Å². The van der Waals surface area contributed by atoms with Crippen molar-refractivity contribution < 1.29 is 0 Å². The Hall–Kier alpha value is -8.13. The fourth-order valence-corrected chi connectivity index (χ4v) is 9.34. The second kappa shape index (κ2) is 13.0. The lowest BCUT2D eigenvalue weighted by molar-refractivity contribution is 1.18. The molecule has 0 N–H and O–H groups in total. The summed E-state index contributed by atoms with van der Waals surface area (Å²) in [6.45, 7) is 7.76. The van der Waals surface area contributed by atoms with Crippen LogP contribution in [-0.4, -0.2) is 14.5 Å². The van der Waals surface area contributed by atoms with E-state index in [9.17, 15) is 0 Å². The quantitative estimate of drug-likeness (QED) is 0.133. The number of hydrogen-bond acceptors (Lipinski definition) is 2. The molecule has 12 aromatic rings. The summed E-state index contributed by atoms with van der Waals surface area (Å²) in [5, 5.41) is 11.4. The molecule has 0 atom stereocenters. The summed E-state index contributed by atoms with van der Waals surface area (Å²) in [6.07, 6.45) is 1.89. The Kier molecular flexibility index (Phi) is 7.26. The Balaban J connectivity index is 1.07. The van der Waals surface area contributed by atoms with Gasteiger partial charge in [0, 0.05) is 49.8 Å². The summed E-state index contributed by atoms with van der Waals surface area (Å²) < 4.78 is 2.30. The van der Waals surface area contributed by atoms with Crippen molar-refractivity contribution in [3.05, 3.63) is 206 Å². The van der Waals surface area contributed by atoms with E-state index in [-0.39, 0.29) is 0 Å². The van der Waals surface area contributed by atoms with Gasteiger partial charge in [-0.2, -0.15) is 0 Å². The average molecular weight is 749 g/mol. The van der Waals surface area contributed by atoms with Crippen LogP contribution >= 0.6 is 0 Å². The van der Waals surface area contributed by atoms with E-state index in [2.05, 4.69) is 173 Å². The number of pyridine rings is 2. The van der Waals surface area contributed by atoms with E-state index < -0.39 is 0 Å². The number of aromatic nitrogens is 3. The maximum absolute atomic E-state index is 7.76. The van der Waals surface area contributed by atoms with Gasteiger partial charge in [-0.15, -0.1) is 0 Å². The van der Waals surface area contributed by atoms with E-state index in [1.165, 1.54) is 16.2 Å². The lowest BCUT2D eigenvalue weighted by atomic mass is 9.90. The summed E-state index contributed by atoms with van der Waals surface area (Å²) >= 11 is 0. The molecule has 3 heterocycles. The molecule has 0 unspecified atom stereocenters. The molecular formula is C55H32N4. The molecule has 3 aromatic heterocycles. The highest BCUT2D eigenvalue weighted by Crippen LogP contribution is 2.43. The lowest BCUT2D eigenvalue weighted by Crippen LogP contribution is -1.93. The van der Waals surface area contributed by atoms with Crippen molar-refractivity contribution in [3.63, 3.8) is 0 Å². The van der Waals surface area contributed by atoms with E-state index in [0.29, 0.717) is 5.69 Å². The SMILES string of the molecule is [C-]#[N+]c1ccc2c(c1)c1cc(-c3ccc(-c4ccc5c(c4)nc(-c4ccccc4)c4ccc6ccc7cccnc7c6c45)c4ccccc34)ccc1n2-c1ccccc1. The molecule has 9 aromatic carbocycles. The largest absolute Gasteiger partial charge is 0.309 e. The van der Waals surface area contributed by atoms with Crippen molar-refractivity contribution in [2.75, 3.05) is 0 Å². The molecule has 4 heteroatoms. The molecule has 0 amide bonds. The molecule has 0 spiro atoms. The first-order valence-electron chi connectivity index (χ1n) is 19.8. The predicted octanol–water partition coefficient (Wildman–Crippen LogP) is 14.9.